The number of rotatable bonds is 8. The van der Waals surface area contributed by atoms with E-state index < -0.39 is 0 Å². The van der Waals surface area contributed by atoms with E-state index in [1.54, 1.807) is 36.5 Å². The van der Waals surface area contributed by atoms with Crippen molar-refractivity contribution in [2.75, 3.05) is 39.1 Å². The number of ether oxygens (including phenoxy) is 2. The molecule has 1 aliphatic rings. The first-order valence-electron chi connectivity index (χ1n) is 12.4. The number of hydrogen-bond acceptors (Lipinski definition) is 8. The van der Waals surface area contributed by atoms with Crippen LogP contribution >= 0.6 is 0 Å². The first-order chi connectivity index (χ1) is 18.5. The molecule has 38 heavy (non-hydrogen) atoms. The molecule has 4 heterocycles. The number of anilines is 1. The van der Waals surface area contributed by atoms with Crippen LogP contribution in [0.2, 0.25) is 0 Å². The van der Waals surface area contributed by atoms with Crippen LogP contribution in [0.5, 0.6) is 5.75 Å². The molecule has 0 aliphatic carbocycles. The summed E-state index contributed by atoms with van der Waals surface area (Å²) < 4.78 is 16.9. The van der Waals surface area contributed by atoms with E-state index in [4.69, 9.17) is 19.6 Å². The van der Waals surface area contributed by atoms with Crippen molar-refractivity contribution in [1.29, 1.82) is 0 Å². The quantitative estimate of drug-likeness (QED) is 0.366. The SMILES string of the molecule is COc1cc(-c2ccc(C(=O)N3CCOCC3)cn2)cc2cc(CNC(=O)CCc3ccc(N)nc3)oc12. The minimum absolute atomic E-state index is 0.0490. The summed E-state index contributed by atoms with van der Waals surface area (Å²) in [6.07, 6.45) is 4.17. The van der Waals surface area contributed by atoms with Crippen LogP contribution in [-0.4, -0.2) is 60.1 Å². The highest BCUT2D eigenvalue weighted by atomic mass is 16.5. The van der Waals surface area contributed by atoms with Gasteiger partial charge in [-0.25, -0.2) is 4.98 Å². The minimum atomic E-state index is -0.0918. The molecule has 1 fully saturated rings. The van der Waals surface area contributed by atoms with Crippen LogP contribution < -0.4 is 15.8 Å². The molecule has 10 heteroatoms. The van der Waals surface area contributed by atoms with Crippen molar-refractivity contribution in [2.24, 2.45) is 0 Å². The molecule has 2 amide bonds. The van der Waals surface area contributed by atoms with Gasteiger partial charge in [0.2, 0.25) is 5.91 Å². The van der Waals surface area contributed by atoms with Gasteiger partial charge in [0.05, 0.1) is 38.1 Å². The lowest BCUT2D eigenvalue weighted by molar-refractivity contribution is -0.121. The number of pyridine rings is 2. The van der Waals surface area contributed by atoms with E-state index >= 15 is 0 Å². The van der Waals surface area contributed by atoms with Crippen molar-refractivity contribution < 1.29 is 23.5 Å². The van der Waals surface area contributed by atoms with E-state index in [2.05, 4.69) is 15.3 Å². The van der Waals surface area contributed by atoms with Gasteiger partial charge in [0.25, 0.3) is 5.91 Å². The van der Waals surface area contributed by atoms with E-state index in [9.17, 15) is 9.59 Å². The molecular formula is C28H29N5O5. The maximum atomic E-state index is 12.7. The molecule has 0 bridgehead atoms. The Morgan fingerprint density at radius 3 is 2.63 bits per heavy atom. The van der Waals surface area contributed by atoms with Crippen LogP contribution in [0, 0.1) is 0 Å². The molecular weight excluding hydrogens is 486 g/mol. The lowest BCUT2D eigenvalue weighted by atomic mass is 10.1. The van der Waals surface area contributed by atoms with Gasteiger partial charge in [0.15, 0.2) is 11.3 Å². The predicted octanol–water partition coefficient (Wildman–Crippen LogP) is 3.20. The van der Waals surface area contributed by atoms with Gasteiger partial charge in [-0.05, 0) is 48.4 Å². The molecule has 3 aromatic heterocycles. The molecule has 0 unspecified atom stereocenters. The average Bonchev–Trinajstić information content (AvgIpc) is 3.38. The Kier molecular flexibility index (Phi) is 7.50. The highest BCUT2D eigenvalue weighted by Gasteiger charge is 2.19. The molecule has 1 saturated heterocycles. The fraction of sp³-hybridized carbons (Fsp3) is 0.286. The number of furan rings is 1. The number of hydrogen-bond donors (Lipinski definition) is 2. The normalized spacial score (nSPS) is 13.4. The fourth-order valence-electron chi connectivity index (χ4n) is 4.32. The summed E-state index contributed by atoms with van der Waals surface area (Å²) >= 11 is 0. The van der Waals surface area contributed by atoms with Gasteiger partial charge in [-0.15, -0.1) is 0 Å². The van der Waals surface area contributed by atoms with Gasteiger partial charge in [-0.1, -0.05) is 6.07 Å². The van der Waals surface area contributed by atoms with Crippen molar-refractivity contribution in [3.63, 3.8) is 0 Å². The van der Waals surface area contributed by atoms with E-state index in [1.165, 1.54) is 0 Å². The number of aryl methyl sites for hydroxylation is 1. The molecule has 3 N–H and O–H groups in total. The second-order valence-electron chi connectivity index (χ2n) is 9.01. The topological polar surface area (TPSA) is 133 Å². The van der Waals surface area contributed by atoms with E-state index in [0.29, 0.717) is 73.3 Å². The number of carbonyl (C=O) groups is 2. The highest BCUT2D eigenvalue weighted by molar-refractivity contribution is 5.94. The molecule has 0 radical (unpaired) electrons. The number of aromatic nitrogens is 2. The first kappa shape index (κ1) is 25.2. The van der Waals surface area contributed by atoms with Gasteiger partial charge in [-0.3, -0.25) is 14.6 Å². The first-order valence-corrected chi connectivity index (χ1v) is 12.4. The average molecular weight is 516 g/mol. The number of benzene rings is 1. The zero-order valence-electron chi connectivity index (χ0n) is 21.1. The van der Waals surface area contributed by atoms with Crippen molar-refractivity contribution in [3.05, 3.63) is 71.7 Å². The zero-order valence-corrected chi connectivity index (χ0v) is 21.1. The third-order valence-electron chi connectivity index (χ3n) is 6.41. The molecule has 196 valence electrons. The van der Waals surface area contributed by atoms with Gasteiger partial charge in [-0.2, -0.15) is 0 Å². The summed E-state index contributed by atoms with van der Waals surface area (Å²) in [6, 6.07) is 12.9. The van der Waals surface area contributed by atoms with Gasteiger partial charge in [0, 0.05) is 42.9 Å². The Morgan fingerprint density at radius 2 is 1.92 bits per heavy atom. The highest BCUT2D eigenvalue weighted by Crippen LogP contribution is 2.34. The lowest BCUT2D eigenvalue weighted by Crippen LogP contribution is -2.40. The fourth-order valence-corrected chi connectivity index (χ4v) is 4.32. The summed E-state index contributed by atoms with van der Waals surface area (Å²) in [5, 5.41) is 3.72. The summed E-state index contributed by atoms with van der Waals surface area (Å²) in [6.45, 7) is 2.52. The van der Waals surface area contributed by atoms with Crippen molar-refractivity contribution in [2.45, 2.75) is 19.4 Å². The van der Waals surface area contributed by atoms with Gasteiger partial charge >= 0.3 is 0 Å². The second kappa shape index (κ2) is 11.3. The van der Waals surface area contributed by atoms with Gasteiger partial charge < -0.3 is 29.8 Å². The largest absolute Gasteiger partial charge is 0.493 e. The number of nitrogens with zero attached hydrogens (tertiary/aromatic N) is 3. The second-order valence-corrected chi connectivity index (χ2v) is 9.01. The number of nitrogen functional groups attached to an aromatic ring is 1. The number of carbonyl (C=O) groups excluding carboxylic acids is 2. The van der Waals surface area contributed by atoms with Crippen molar-refractivity contribution >= 4 is 28.6 Å². The number of methoxy groups -OCH3 is 1. The van der Waals surface area contributed by atoms with Crippen molar-refractivity contribution in [3.8, 4) is 17.0 Å². The molecule has 1 aliphatic heterocycles. The molecule has 0 spiro atoms. The van der Waals surface area contributed by atoms with Crippen LogP contribution in [0.25, 0.3) is 22.2 Å². The maximum absolute atomic E-state index is 12.7. The summed E-state index contributed by atoms with van der Waals surface area (Å²) in [5.74, 6) is 1.48. The third-order valence-corrected chi connectivity index (χ3v) is 6.41. The van der Waals surface area contributed by atoms with Crippen LogP contribution in [0.4, 0.5) is 5.82 Å². The molecule has 5 rings (SSSR count). The Bertz CT molecular complexity index is 1430. The molecule has 10 nitrogen and oxygen atoms in total. The molecule has 1 aromatic carbocycles. The van der Waals surface area contributed by atoms with Crippen LogP contribution in [0.15, 0.2) is 59.3 Å². The van der Waals surface area contributed by atoms with E-state index in [0.717, 1.165) is 16.5 Å². The van der Waals surface area contributed by atoms with E-state index in [-0.39, 0.29) is 18.4 Å². The van der Waals surface area contributed by atoms with Crippen LogP contribution in [-0.2, 0) is 22.5 Å². The number of fused-ring (bicyclic) bond motifs is 1. The minimum Gasteiger partial charge on any atom is -0.493 e. The number of nitrogens with two attached hydrogens (primary N) is 1. The van der Waals surface area contributed by atoms with Crippen LogP contribution in [0.1, 0.15) is 28.1 Å². The predicted molar refractivity (Wildman–Crippen MR) is 142 cm³/mol. The van der Waals surface area contributed by atoms with Gasteiger partial charge in [0.1, 0.15) is 11.6 Å². The van der Waals surface area contributed by atoms with E-state index in [1.807, 2.05) is 30.3 Å². The van der Waals surface area contributed by atoms with Crippen LogP contribution in [0.3, 0.4) is 0 Å². The lowest BCUT2D eigenvalue weighted by Gasteiger charge is -2.26. The van der Waals surface area contributed by atoms with Crippen molar-refractivity contribution in [1.82, 2.24) is 20.2 Å². The zero-order chi connectivity index (χ0) is 26.5. The number of amides is 2. The molecule has 0 atom stereocenters. The number of nitrogens with one attached hydrogen (secondary N) is 1. The maximum Gasteiger partial charge on any atom is 0.255 e. The Hall–Kier alpha value is -4.44. The molecule has 0 saturated carbocycles. The molecule has 4 aromatic rings. The summed E-state index contributed by atoms with van der Waals surface area (Å²) in [7, 11) is 1.58. The monoisotopic (exact) mass is 515 g/mol. The Labute approximate surface area is 219 Å². The Balaban J connectivity index is 1.26. The Morgan fingerprint density at radius 1 is 1.08 bits per heavy atom. The standard InChI is InChI=1S/C28H29N5O5/c1-36-24-14-20(23-5-4-19(16-30-23)28(35)33-8-10-37-11-9-33)12-21-13-22(38-27(21)24)17-32-26(34)7-3-18-2-6-25(29)31-15-18/h2,4-6,12-16H,3,7-11,17H2,1H3,(H2,29,31)(H,32,34). The third kappa shape index (κ3) is 5.76. The number of morpholine rings is 1. The smallest absolute Gasteiger partial charge is 0.255 e. The summed E-state index contributed by atoms with van der Waals surface area (Å²) in [4.78, 5) is 35.4. The summed E-state index contributed by atoms with van der Waals surface area (Å²) in [5.41, 5.74) is 9.21.